The first kappa shape index (κ1) is 14.6. The Hall–Kier alpha value is -0.770. The van der Waals surface area contributed by atoms with Crippen LogP contribution < -0.4 is 10.6 Å². The van der Waals surface area contributed by atoms with Crippen molar-refractivity contribution >= 4 is 5.96 Å². The maximum absolute atomic E-state index is 5.88. The average molecular weight is 267 g/mol. The van der Waals surface area contributed by atoms with Crippen LogP contribution in [-0.4, -0.2) is 37.3 Å². The van der Waals surface area contributed by atoms with E-state index in [1.54, 1.807) is 0 Å². The number of hydrogen-bond donors (Lipinski definition) is 2. The maximum Gasteiger partial charge on any atom is 0.191 e. The fourth-order valence-electron chi connectivity index (χ4n) is 3.01. The average Bonchev–Trinajstić information content (AvgIpc) is 3.01. The molecular formula is C15H29N3O. The van der Waals surface area contributed by atoms with E-state index in [0.29, 0.717) is 18.2 Å². The molecule has 0 aromatic rings. The van der Waals surface area contributed by atoms with E-state index >= 15 is 0 Å². The zero-order chi connectivity index (χ0) is 13.5. The van der Waals surface area contributed by atoms with Crippen LogP contribution in [0.4, 0.5) is 0 Å². The van der Waals surface area contributed by atoms with Crippen LogP contribution in [0.2, 0.25) is 0 Å². The summed E-state index contributed by atoms with van der Waals surface area (Å²) in [5, 5.41) is 6.90. The molecule has 4 nitrogen and oxygen atoms in total. The molecule has 4 heteroatoms. The number of hydrogen-bond acceptors (Lipinski definition) is 2. The van der Waals surface area contributed by atoms with Crippen LogP contribution in [0.15, 0.2) is 4.99 Å². The van der Waals surface area contributed by atoms with Crippen LogP contribution in [0.25, 0.3) is 0 Å². The Morgan fingerprint density at radius 3 is 2.74 bits per heavy atom. The standard InChI is InChI=1S/C15H29N3O/c1-3-5-6-7-10-17-15(16-4-2)18-13-11-12-8-9-14(13)19-12/h12-14H,3-11H2,1-2H3,(H2,16,17,18). The van der Waals surface area contributed by atoms with Gasteiger partial charge in [0.25, 0.3) is 0 Å². The molecule has 3 atom stereocenters. The minimum atomic E-state index is 0.411. The third kappa shape index (κ3) is 4.37. The SMILES string of the molecule is CCCCCCN=C(NCC)NC1CC2CCC1O2. The highest BCUT2D eigenvalue weighted by molar-refractivity contribution is 5.80. The summed E-state index contributed by atoms with van der Waals surface area (Å²) in [4.78, 5) is 4.67. The Kier molecular flexibility index (Phi) is 5.95. The molecular weight excluding hydrogens is 238 g/mol. The summed E-state index contributed by atoms with van der Waals surface area (Å²) < 4.78 is 5.88. The van der Waals surface area contributed by atoms with Crippen LogP contribution >= 0.6 is 0 Å². The van der Waals surface area contributed by atoms with E-state index < -0.39 is 0 Å². The smallest absolute Gasteiger partial charge is 0.191 e. The number of aliphatic imine (C=N–C) groups is 1. The lowest BCUT2D eigenvalue weighted by molar-refractivity contribution is 0.0992. The second-order valence-corrected chi connectivity index (χ2v) is 5.68. The number of nitrogens with one attached hydrogen (secondary N) is 2. The van der Waals surface area contributed by atoms with E-state index in [-0.39, 0.29) is 0 Å². The number of guanidine groups is 1. The number of fused-ring (bicyclic) bond motifs is 2. The van der Waals surface area contributed by atoms with E-state index in [0.717, 1.165) is 25.5 Å². The molecule has 2 rings (SSSR count). The van der Waals surface area contributed by atoms with Crippen molar-refractivity contribution in [2.45, 2.75) is 77.0 Å². The number of rotatable bonds is 7. The Bertz CT molecular complexity index is 293. The Morgan fingerprint density at radius 2 is 2.11 bits per heavy atom. The minimum Gasteiger partial charge on any atom is -0.373 e. The van der Waals surface area contributed by atoms with Crippen LogP contribution in [0, 0.1) is 0 Å². The van der Waals surface area contributed by atoms with E-state index in [9.17, 15) is 0 Å². The zero-order valence-electron chi connectivity index (χ0n) is 12.5. The van der Waals surface area contributed by atoms with Gasteiger partial charge >= 0.3 is 0 Å². The van der Waals surface area contributed by atoms with Crippen molar-refractivity contribution in [2.75, 3.05) is 13.1 Å². The summed E-state index contributed by atoms with van der Waals surface area (Å²) >= 11 is 0. The van der Waals surface area contributed by atoms with Crippen LogP contribution in [-0.2, 0) is 4.74 Å². The lowest BCUT2D eigenvalue weighted by Crippen LogP contribution is -2.47. The topological polar surface area (TPSA) is 45.7 Å². The first-order valence-electron chi connectivity index (χ1n) is 8.03. The van der Waals surface area contributed by atoms with Gasteiger partial charge in [-0.3, -0.25) is 4.99 Å². The highest BCUT2D eigenvalue weighted by Gasteiger charge is 2.41. The third-order valence-corrected chi connectivity index (χ3v) is 4.05. The van der Waals surface area contributed by atoms with E-state index in [2.05, 4.69) is 29.5 Å². The number of ether oxygens (including phenoxy) is 1. The monoisotopic (exact) mass is 267 g/mol. The van der Waals surface area contributed by atoms with Gasteiger partial charge < -0.3 is 15.4 Å². The van der Waals surface area contributed by atoms with Gasteiger partial charge in [0, 0.05) is 13.1 Å². The Labute approximate surface area is 117 Å². The molecule has 2 heterocycles. The molecule has 2 aliphatic heterocycles. The van der Waals surface area contributed by atoms with Gasteiger partial charge in [0.2, 0.25) is 0 Å². The molecule has 0 amide bonds. The van der Waals surface area contributed by atoms with E-state index in [1.807, 2.05) is 0 Å². The molecule has 0 radical (unpaired) electrons. The van der Waals surface area contributed by atoms with Crippen LogP contribution in [0.5, 0.6) is 0 Å². The molecule has 19 heavy (non-hydrogen) atoms. The van der Waals surface area contributed by atoms with Gasteiger partial charge in [-0.15, -0.1) is 0 Å². The predicted molar refractivity (Wildman–Crippen MR) is 79.6 cm³/mol. The van der Waals surface area contributed by atoms with Crippen LogP contribution in [0.1, 0.15) is 58.8 Å². The normalized spacial score (nSPS) is 29.8. The quantitative estimate of drug-likeness (QED) is 0.423. The highest BCUT2D eigenvalue weighted by atomic mass is 16.5. The van der Waals surface area contributed by atoms with E-state index in [4.69, 9.17) is 4.74 Å². The lowest BCUT2D eigenvalue weighted by Gasteiger charge is -2.22. The predicted octanol–water partition coefficient (Wildman–Crippen LogP) is 2.44. The van der Waals surface area contributed by atoms with Gasteiger partial charge in [0.05, 0.1) is 18.2 Å². The third-order valence-electron chi connectivity index (χ3n) is 4.05. The van der Waals surface area contributed by atoms with Crippen molar-refractivity contribution in [1.82, 2.24) is 10.6 Å². The van der Waals surface area contributed by atoms with Gasteiger partial charge in [-0.2, -0.15) is 0 Å². The molecule has 0 saturated carbocycles. The molecule has 3 unspecified atom stereocenters. The van der Waals surface area contributed by atoms with Crippen molar-refractivity contribution in [1.29, 1.82) is 0 Å². The molecule has 0 aliphatic carbocycles. The molecule has 2 N–H and O–H groups in total. The summed E-state index contributed by atoms with van der Waals surface area (Å²) in [7, 11) is 0. The Balaban J connectivity index is 1.73. The van der Waals surface area contributed by atoms with Gasteiger partial charge in [-0.1, -0.05) is 26.2 Å². The van der Waals surface area contributed by atoms with Crippen molar-refractivity contribution in [3.63, 3.8) is 0 Å². The zero-order valence-corrected chi connectivity index (χ0v) is 12.5. The molecule has 0 spiro atoms. The van der Waals surface area contributed by atoms with E-state index in [1.165, 1.54) is 38.5 Å². The van der Waals surface area contributed by atoms with Crippen LogP contribution in [0.3, 0.4) is 0 Å². The van der Waals surface area contributed by atoms with Crippen molar-refractivity contribution < 1.29 is 4.74 Å². The fourth-order valence-corrected chi connectivity index (χ4v) is 3.01. The summed E-state index contributed by atoms with van der Waals surface area (Å²) in [6.45, 7) is 6.20. The molecule has 2 bridgehead atoms. The number of nitrogens with zero attached hydrogens (tertiary/aromatic N) is 1. The van der Waals surface area contributed by atoms with Crippen molar-refractivity contribution in [3.8, 4) is 0 Å². The minimum absolute atomic E-state index is 0.411. The summed E-state index contributed by atoms with van der Waals surface area (Å²) in [6.07, 6.45) is 9.58. The fraction of sp³-hybridized carbons (Fsp3) is 0.933. The second-order valence-electron chi connectivity index (χ2n) is 5.68. The summed E-state index contributed by atoms with van der Waals surface area (Å²) in [5.41, 5.74) is 0. The molecule has 2 aliphatic rings. The van der Waals surface area contributed by atoms with Gasteiger partial charge in [0.15, 0.2) is 5.96 Å². The largest absolute Gasteiger partial charge is 0.373 e. The number of unbranched alkanes of at least 4 members (excludes halogenated alkanes) is 3. The van der Waals surface area contributed by atoms with Gasteiger partial charge in [-0.25, -0.2) is 0 Å². The van der Waals surface area contributed by atoms with Crippen molar-refractivity contribution in [3.05, 3.63) is 0 Å². The Morgan fingerprint density at radius 1 is 1.21 bits per heavy atom. The molecule has 110 valence electrons. The van der Waals surface area contributed by atoms with Gasteiger partial charge in [-0.05, 0) is 32.6 Å². The molecule has 0 aromatic heterocycles. The first-order chi connectivity index (χ1) is 9.33. The molecule has 2 fully saturated rings. The van der Waals surface area contributed by atoms with Crippen molar-refractivity contribution in [2.24, 2.45) is 4.99 Å². The van der Waals surface area contributed by atoms with Gasteiger partial charge in [0.1, 0.15) is 0 Å². The first-order valence-corrected chi connectivity index (χ1v) is 8.03. The summed E-state index contributed by atoms with van der Waals surface area (Å²) in [5.74, 6) is 0.972. The molecule has 2 saturated heterocycles. The molecule has 0 aromatic carbocycles. The maximum atomic E-state index is 5.88. The lowest BCUT2D eigenvalue weighted by atomic mass is 9.96. The second kappa shape index (κ2) is 7.73. The summed E-state index contributed by atoms with van der Waals surface area (Å²) in [6, 6.07) is 0.465. The highest BCUT2D eigenvalue weighted by Crippen LogP contribution is 2.34.